The molecule has 0 rings (SSSR count). The largest absolute Gasteiger partial charge is 0.385 e. The van der Waals surface area contributed by atoms with Gasteiger partial charge in [0.05, 0.1) is 0 Å². The molecule has 0 unspecified atom stereocenters. The zero-order valence-corrected chi connectivity index (χ0v) is 9.06. The molecule has 0 saturated heterocycles. The highest BCUT2D eigenvalue weighted by Gasteiger charge is 1.91. The quantitative estimate of drug-likeness (QED) is 0.534. The van der Waals surface area contributed by atoms with E-state index in [4.69, 9.17) is 10.5 Å². The van der Waals surface area contributed by atoms with E-state index < -0.39 is 0 Å². The van der Waals surface area contributed by atoms with Crippen molar-refractivity contribution in [1.29, 1.82) is 0 Å². The molecule has 0 atom stereocenters. The third-order valence-corrected chi connectivity index (χ3v) is 2.30. The molecule has 0 heterocycles. The van der Waals surface area contributed by atoms with Gasteiger partial charge in [0, 0.05) is 13.7 Å². The van der Waals surface area contributed by atoms with Crippen LogP contribution >= 0.6 is 0 Å². The Morgan fingerprint density at radius 2 is 1.23 bits per heavy atom. The first-order chi connectivity index (χ1) is 6.41. The lowest BCUT2D eigenvalue weighted by Gasteiger charge is -2.01. The van der Waals surface area contributed by atoms with Gasteiger partial charge in [-0.15, -0.1) is 0 Å². The molecule has 0 radical (unpaired) electrons. The predicted octanol–water partition coefficient (Wildman–Crippen LogP) is 2.71. The number of rotatable bonds is 10. The molecule has 0 spiro atoms. The van der Waals surface area contributed by atoms with E-state index in [2.05, 4.69) is 0 Å². The second-order valence-corrected chi connectivity index (χ2v) is 3.61. The smallest absolute Gasteiger partial charge is 0.0462 e. The van der Waals surface area contributed by atoms with E-state index in [1.807, 2.05) is 0 Å². The Balaban J connectivity index is 2.76. The SMILES string of the molecule is COCCCCCCCCCCN. The topological polar surface area (TPSA) is 35.2 Å². The lowest BCUT2D eigenvalue weighted by Crippen LogP contribution is -1.97. The van der Waals surface area contributed by atoms with E-state index in [1.165, 1.54) is 51.4 Å². The first-order valence-electron chi connectivity index (χ1n) is 5.61. The van der Waals surface area contributed by atoms with E-state index in [-0.39, 0.29) is 0 Å². The van der Waals surface area contributed by atoms with Crippen LogP contribution in [0.5, 0.6) is 0 Å². The maximum Gasteiger partial charge on any atom is 0.0462 e. The Morgan fingerprint density at radius 1 is 0.769 bits per heavy atom. The summed E-state index contributed by atoms with van der Waals surface area (Å²) in [6, 6.07) is 0. The molecule has 0 aromatic carbocycles. The van der Waals surface area contributed by atoms with Gasteiger partial charge in [-0.2, -0.15) is 0 Å². The van der Waals surface area contributed by atoms with E-state index >= 15 is 0 Å². The molecule has 0 bridgehead atoms. The van der Waals surface area contributed by atoms with Gasteiger partial charge in [0.2, 0.25) is 0 Å². The molecular formula is C11H25NO. The summed E-state index contributed by atoms with van der Waals surface area (Å²) in [6.45, 7) is 1.78. The predicted molar refractivity (Wildman–Crippen MR) is 57.9 cm³/mol. The van der Waals surface area contributed by atoms with Crippen molar-refractivity contribution in [2.45, 2.75) is 51.4 Å². The number of ether oxygens (including phenoxy) is 1. The number of unbranched alkanes of at least 4 members (excludes halogenated alkanes) is 7. The van der Waals surface area contributed by atoms with Gasteiger partial charge >= 0.3 is 0 Å². The molecule has 0 aromatic rings. The summed E-state index contributed by atoms with van der Waals surface area (Å²) in [4.78, 5) is 0. The molecule has 13 heavy (non-hydrogen) atoms. The summed E-state index contributed by atoms with van der Waals surface area (Å²) in [7, 11) is 1.77. The van der Waals surface area contributed by atoms with Crippen LogP contribution in [0, 0.1) is 0 Å². The molecule has 0 amide bonds. The third kappa shape index (κ3) is 11.9. The Bertz CT molecular complexity index is 76.2. The van der Waals surface area contributed by atoms with Gasteiger partial charge in [0.15, 0.2) is 0 Å². The van der Waals surface area contributed by atoms with Crippen molar-refractivity contribution in [3.8, 4) is 0 Å². The van der Waals surface area contributed by atoms with Gasteiger partial charge in [-0.3, -0.25) is 0 Å². The fraction of sp³-hybridized carbons (Fsp3) is 1.00. The number of methoxy groups -OCH3 is 1. The molecule has 2 nitrogen and oxygen atoms in total. The normalized spacial score (nSPS) is 10.6. The third-order valence-electron chi connectivity index (χ3n) is 2.30. The second kappa shape index (κ2) is 11.9. The van der Waals surface area contributed by atoms with E-state index in [0.717, 1.165) is 13.2 Å². The average Bonchev–Trinajstić information content (AvgIpc) is 2.16. The zero-order chi connectivity index (χ0) is 9.78. The lowest BCUT2D eigenvalue weighted by molar-refractivity contribution is 0.192. The number of hydrogen-bond acceptors (Lipinski definition) is 2. The number of nitrogens with two attached hydrogens (primary N) is 1. The molecule has 80 valence electrons. The van der Waals surface area contributed by atoms with E-state index in [0.29, 0.717) is 0 Å². The van der Waals surface area contributed by atoms with Crippen molar-refractivity contribution in [1.82, 2.24) is 0 Å². The van der Waals surface area contributed by atoms with Gasteiger partial charge < -0.3 is 10.5 Å². The van der Waals surface area contributed by atoms with Crippen LogP contribution in [-0.4, -0.2) is 20.3 Å². The fourth-order valence-electron chi connectivity index (χ4n) is 1.45. The van der Waals surface area contributed by atoms with Crippen LogP contribution in [-0.2, 0) is 4.74 Å². The van der Waals surface area contributed by atoms with Crippen LogP contribution in [0.15, 0.2) is 0 Å². The molecule has 0 fully saturated rings. The number of hydrogen-bond donors (Lipinski definition) is 1. The molecule has 0 saturated carbocycles. The van der Waals surface area contributed by atoms with Crippen molar-refractivity contribution < 1.29 is 4.74 Å². The second-order valence-electron chi connectivity index (χ2n) is 3.61. The van der Waals surface area contributed by atoms with E-state index in [9.17, 15) is 0 Å². The van der Waals surface area contributed by atoms with Crippen molar-refractivity contribution in [3.05, 3.63) is 0 Å². The van der Waals surface area contributed by atoms with Crippen LogP contribution in [0.2, 0.25) is 0 Å². The van der Waals surface area contributed by atoms with Crippen LogP contribution in [0.4, 0.5) is 0 Å². The van der Waals surface area contributed by atoms with Crippen molar-refractivity contribution >= 4 is 0 Å². The van der Waals surface area contributed by atoms with Crippen LogP contribution in [0.3, 0.4) is 0 Å². The summed E-state index contributed by atoms with van der Waals surface area (Å²) >= 11 is 0. The first kappa shape index (κ1) is 12.9. The molecule has 2 N–H and O–H groups in total. The van der Waals surface area contributed by atoms with Crippen LogP contribution < -0.4 is 5.73 Å². The van der Waals surface area contributed by atoms with Gasteiger partial charge in [0.25, 0.3) is 0 Å². The molecule has 0 aromatic heterocycles. The van der Waals surface area contributed by atoms with Gasteiger partial charge in [-0.25, -0.2) is 0 Å². The standard InChI is InChI=1S/C11H25NO/c1-13-11-9-7-5-3-2-4-6-8-10-12/h2-12H2,1H3. The van der Waals surface area contributed by atoms with Crippen molar-refractivity contribution in [2.75, 3.05) is 20.3 Å². The lowest BCUT2D eigenvalue weighted by atomic mass is 10.1. The first-order valence-corrected chi connectivity index (χ1v) is 5.61. The molecular weight excluding hydrogens is 162 g/mol. The highest BCUT2D eigenvalue weighted by molar-refractivity contribution is 4.46. The highest BCUT2D eigenvalue weighted by Crippen LogP contribution is 2.07. The maximum absolute atomic E-state index is 5.41. The minimum absolute atomic E-state index is 0.855. The van der Waals surface area contributed by atoms with Crippen LogP contribution in [0.1, 0.15) is 51.4 Å². The Kier molecular flexibility index (Phi) is 11.8. The minimum Gasteiger partial charge on any atom is -0.385 e. The van der Waals surface area contributed by atoms with Crippen molar-refractivity contribution in [3.63, 3.8) is 0 Å². The van der Waals surface area contributed by atoms with Gasteiger partial charge in [0.1, 0.15) is 0 Å². The Labute approximate surface area is 82.8 Å². The Hall–Kier alpha value is -0.0800. The summed E-state index contributed by atoms with van der Waals surface area (Å²) in [5, 5.41) is 0. The monoisotopic (exact) mass is 187 g/mol. The molecule has 0 aliphatic rings. The highest BCUT2D eigenvalue weighted by atomic mass is 16.5. The summed E-state index contributed by atoms with van der Waals surface area (Å²) < 4.78 is 4.99. The van der Waals surface area contributed by atoms with Gasteiger partial charge in [-0.1, -0.05) is 38.5 Å². The fourth-order valence-corrected chi connectivity index (χ4v) is 1.45. The molecule has 0 aliphatic carbocycles. The zero-order valence-electron chi connectivity index (χ0n) is 9.06. The Morgan fingerprint density at radius 3 is 1.69 bits per heavy atom. The summed E-state index contributed by atoms with van der Waals surface area (Å²) in [5.74, 6) is 0. The minimum atomic E-state index is 0.855. The summed E-state index contributed by atoms with van der Waals surface area (Å²) in [5.41, 5.74) is 5.41. The van der Waals surface area contributed by atoms with Crippen LogP contribution in [0.25, 0.3) is 0 Å². The maximum atomic E-state index is 5.41. The van der Waals surface area contributed by atoms with Crippen molar-refractivity contribution in [2.24, 2.45) is 5.73 Å². The van der Waals surface area contributed by atoms with E-state index in [1.54, 1.807) is 7.11 Å². The van der Waals surface area contributed by atoms with Gasteiger partial charge in [-0.05, 0) is 19.4 Å². The molecule has 0 aliphatic heterocycles. The summed E-state index contributed by atoms with van der Waals surface area (Å²) in [6.07, 6.45) is 10.6. The molecule has 2 heteroatoms. The average molecular weight is 187 g/mol.